The lowest BCUT2D eigenvalue weighted by Crippen LogP contribution is -1.84. The standard InChI is InChI=1S/C6H9BrN2S2/c1-2-3-10-4-5-8-6(7)11-9-5/h2-4H2,1H3. The molecule has 1 rings (SSSR count). The summed E-state index contributed by atoms with van der Waals surface area (Å²) in [5.74, 6) is 3.08. The topological polar surface area (TPSA) is 25.8 Å². The molecule has 0 saturated heterocycles. The van der Waals surface area contributed by atoms with Gasteiger partial charge in [-0.15, -0.1) is 0 Å². The van der Waals surface area contributed by atoms with E-state index in [1.165, 1.54) is 23.7 Å². The molecule has 0 aliphatic heterocycles. The Morgan fingerprint density at radius 2 is 2.45 bits per heavy atom. The van der Waals surface area contributed by atoms with Crippen LogP contribution in [-0.2, 0) is 5.75 Å². The monoisotopic (exact) mass is 252 g/mol. The van der Waals surface area contributed by atoms with E-state index in [1.54, 1.807) is 0 Å². The average Bonchev–Trinajstić information content (AvgIpc) is 2.37. The normalized spacial score (nSPS) is 10.4. The van der Waals surface area contributed by atoms with E-state index in [9.17, 15) is 0 Å². The summed E-state index contributed by atoms with van der Waals surface area (Å²) in [6.07, 6.45) is 1.22. The lowest BCUT2D eigenvalue weighted by Gasteiger charge is -1.92. The zero-order valence-corrected chi connectivity index (χ0v) is 9.43. The maximum atomic E-state index is 4.19. The second-order valence-corrected chi connectivity index (χ2v) is 5.15. The van der Waals surface area contributed by atoms with Gasteiger partial charge in [0.05, 0.1) is 5.75 Å². The quantitative estimate of drug-likeness (QED) is 0.771. The Morgan fingerprint density at radius 3 is 3.00 bits per heavy atom. The predicted molar refractivity (Wildman–Crippen MR) is 54.1 cm³/mol. The molecule has 0 bridgehead atoms. The first-order valence-electron chi connectivity index (χ1n) is 3.38. The first-order valence-corrected chi connectivity index (χ1v) is 6.11. The van der Waals surface area contributed by atoms with Crippen LogP contribution in [0.3, 0.4) is 0 Å². The summed E-state index contributed by atoms with van der Waals surface area (Å²) < 4.78 is 5.03. The molecule has 0 saturated carbocycles. The molecule has 0 unspecified atom stereocenters. The van der Waals surface area contributed by atoms with Gasteiger partial charge < -0.3 is 0 Å². The van der Waals surface area contributed by atoms with E-state index in [1.807, 2.05) is 11.8 Å². The minimum absolute atomic E-state index is 0.879. The van der Waals surface area contributed by atoms with E-state index in [-0.39, 0.29) is 0 Å². The number of nitrogens with zero attached hydrogens (tertiary/aromatic N) is 2. The molecule has 0 aromatic carbocycles. The third kappa shape index (κ3) is 3.53. The zero-order chi connectivity index (χ0) is 8.10. The van der Waals surface area contributed by atoms with E-state index in [0.29, 0.717) is 0 Å². The van der Waals surface area contributed by atoms with E-state index in [4.69, 9.17) is 0 Å². The van der Waals surface area contributed by atoms with Crippen LogP contribution >= 0.6 is 39.2 Å². The minimum atomic E-state index is 0.879. The van der Waals surface area contributed by atoms with Crippen molar-refractivity contribution >= 4 is 39.2 Å². The molecule has 2 nitrogen and oxygen atoms in total. The predicted octanol–water partition coefficient (Wildman–Crippen LogP) is 2.94. The fourth-order valence-electron chi connectivity index (χ4n) is 0.599. The smallest absolute Gasteiger partial charge is 0.179 e. The molecule has 11 heavy (non-hydrogen) atoms. The highest BCUT2D eigenvalue weighted by Gasteiger charge is 1.99. The fourth-order valence-corrected chi connectivity index (χ4v) is 2.28. The Bertz CT molecular complexity index is 214. The second-order valence-electron chi connectivity index (χ2n) is 2.02. The molecule has 0 atom stereocenters. The molecule has 1 aromatic heterocycles. The van der Waals surface area contributed by atoms with Gasteiger partial charge in [0.1, 0.15) is 0 Å². The third-order valence-corrected chi connectivity index (χ3v) is 3.34. The molecule has 1 heterocycles. The van der Waals surface area contributed by atoms with Crippen LogP contribution in [0.15, 0.2) is 3.92 Å². The molecule has 0 spiro atoms. The highest BCUT2D eigenvalue weighted by atomic mass is 79.9. The molecule has 5 heteroatoms. The minimum Gasteiger partial charge on any atom is -0.212 e. The van der Waals surface area contributed by atoms with Crippen LogP contribution in [0.4, 0.5) is 0 Å². The van der Waals surface area contributed by atoms with Gasteiger partial charge in [0.25, 0.3) is 0 Å². The van der Waals surface area contributed by atoms with Crippen molar-refractivity contribution in [3.05, 3.63) is 9.74 Å². The van der Waals surface area contributed by atoms with Gasteiger partial charge in [-0.2, -0.15) is 16.1 Å². The first kappa shape index (κ1) is 9.48. The maximum Gasteiger partial charge on any atom is 0.179 e. The number of rotatable bonds is 4. The Balaban J connectivity index is 2.27. The highest BCUT2D eigenvalue weighted by molar-refractivity contribution is 9.11. The van der Waals surface area contributed by atoms with Gasteiger partial charge in [-0.05, 0) is 39.6 Å². The van der Waals surface area contributed by atoms with Crippen LogP contribution in [0.1, 0.15) is 19.2 Å². The largest absolute Gasteiger partial charge is 0.212 e. The summed E-state index contributed by atoms with van der Waals surface area (Å²) in [5, 5.41) is 0. The maximum absolute atomic E-state index is 4.19. The number of hydrogen-bond donors (Lipinski definition) is 0. The van der Waals surface area contributed by atoms with Crippen LogP contribution in [0.2, 0.25) is 0 Å². The van der Waals surface area contributed by atoms with Crippen molar-refractivity contribution in [2.45, 2.75) is 19.1 Å². The summed E-state index contributed by atoms with van der Waals surface area (Å²) in [4.78, 5) is 4.19. The van der Waals surface area contributed by atoms with Gasteiger partial charge in [-0.3, -0.25) is 0 Å². The molecular weight excluding hydrogens is 244 g/mol. The van der Waals surface area contributed by atoms with Gasteiger partial charge in [0.15, 0.2) is 9.74 Å². The Morgan fingerprint density at radius 1 is 1.64 bits per heavy atom. The summed E-state index contributed by atoms with van der Waals surface area (Å²) in [5.41, 5.74) is 0. The van der Waals surface area contributed by atoms with Crippen LogP contribution in [0.5, 0.6) is 0 Å². The van der Waals surface area contributed by atoms with Crippen molar-refractivity contribution in [1.29, 1.82) is 0 Å². The van der Waals surface area contributed by atoms with E-state index >= 15 is 0 Å². The van der Waals surface area contributed by atoms with E-state index < -0.39 is 0 Å². The van der Waals surface area contributed by atoms with Gasteiger partial charge in [-0.25, -0.2) is 4.98 Å². The second kappa shape index (κ2) is 5.11. The molecule has 0 N–H and O–H groups in total. The first-order chi connectivity index (χ1) is 5.33. The van der Waals surface area contributed by atoms with Crippen LogP contribution in [0, 0.1) is 0 Å². The van der Waals surface area contributed by atoms with E-state index in [2.05, 4.69) is 32.2 Å². The number of halogens is 1. The summed E-state index contributed by atoms with van der Waals surface area (Å²) in [7, 11) is 0. The zero-order valence-electron chi connectivity index (χ0n) is 6.21. The lowest BCUT2D eigenvalue weighted by molar-refractivity contribution is 1.09. The molecule has 0 aliphatic rings. The summed E-state index contributed by atoms with van der Waals surface area (Å²) in [6.45, 7) is 2.18. The molecule has 1 aromatic rings. The Kier molecular flexibility index (Phi) is 4.40. The van der Waals surface area contributed by atoms with Crippen LogP contribution < -0.4 is 0 Å². The summed E-state index contributed by atoms with van der Waals surface area (Å²) in [6, 6.07) is 0. The van der Waals surface area contributed by atoms with Gasteiger partial charge in [-0.1, -0.05) is 6.92 Å². The van der Waals surface area contributed by atoms with Gasteiger partial charge in [0, 0.05) is 0 Å². The van der Waals surface area contributed by atoms with Crippen molar-refractivity contribution in [3.8, 4) is 0 Å². The Labute approximate surface area is 83.1 Å². The third-order valence-electron chi connectivity index (χ3n) is 1.02. The van der Waals surface area contributed by atoms with Crippen molar-refractivity contribution in [1.82, 2.24) is 9.36 Å². The molecular formula is C6H9BrN2S2. The van der Waals surface area contributed by atoms with Gasteiger partial charge in [0.2, 0.25) is 0 Å². The molecule has 0 radical (unpaired) electrons. The highest BCUT2D eigenvalue weighted by Crippen LogP contribution is 2.16. The molecule has 0 fully saturated rings. The number of thioether (sulfide) groups is 1. The van der Waals surface area contributed by atoms with Crippen LogP contribution in [0.25, 0.3) is 0 Å². The number of hydrogen-bond acceptors (Lipinski definition) is 4. The number of aromatic nitrogens is 2. The molecule has 62 valence electrons. The van der Waals surface area contributed by atoms with Crippen molar-refractivity contribution in [3.63, 3.8) is 0 Å². The van der Waals surface area contributed by atoms with Crippen molar-refractivity contribution < 1.29 is 0 Å². The van der Waals surface area contributed by atoms with Crippen molar-refractivity contribution in [2.24, 2.45) is 0 Å². The Hall–Kier alpha value is 0.390. The molecule has 0 amide bonds. The SMILES string of the molecule is CCCSCc1nsc(Br)n1. The van der Waals surface area contributed by atoms with Gasteiger partial charge >= 0.3 is 0 Å². The molecule has 0 aliphatic carbocycles. The van der Waals surface area contributed by atoms with Crippen molar-refractivity contribution in [2.75, 3.05) is 5.75 Å². The lowest BCUT2D eigenvalue weighted by atomic mass is 10.6. The average molecular weight is 253 g/mol. The summed E-state index contributed by atoms with van der Waals surface area (Å²) >= 11 is 6.56. The van der Waals surface area contributed by atoms with Crippen LogP contribution in [-0.4, -0.2) is 15.1 Å². The fraction of sp³-hybridized carbons (Fsp3) is 0.667. The van der Waals surface area contributed by atoms with E-state index in [0.717, 1.165) is 15.5 Å².